The summed E-state index contributed by atoms with van der Waals surface area (Å²) in [7, 11) is 0. The number of hydrogen-bond donors (Lipinski definition) is 1. The molecule has 0 aliphatic heterocycles. The number of benzene rings is 1. The minimum atomic E-state index is -0.651. The van der Waals surface area contributed by atoms with Gasteiger partial charge in [-0.2, -0.15) is 0 Å². The van der Waals surface area contributed by atoms with Crippen molar-refractivity contribution in [2.24, 2.45) is 5.73 Å². The second kappa shape index (κ2) is 7.48. The van der Waals surface area contributed by atoms with Gasteiger partial charge in [0.05, 0.1) is 13.0 Å². The van der Waals surface area contributed by atoms with E-state index >= 15 is 0 Å². The molecule has 3 nitrogen and oxygen atoms in total. The van der Waals surface area contributed by atoms with E-state index in [0.717, 1.165) is 0 Å². The third-order valence-corrected chi connectivity index (χ3v) is 2.39. The standard InChI is InChI=1S/C11H13ClFNO2.ClH/c1-2-16-11(15)6-10(14)8-5-7(13)3-4-9(8)12;/h3-5,10H,2,6,14H2,1H3;1H/t10-;/m0./s1. The lowest BCUT2D eigenvalue weighted by Gasteiger charge is -2.12. The van der Waals surface area contributed by atoms with E-state index < -0.39 is 17.8 Å². The van der Waals surface area contributed by atoms with Gasteiger partial charge in [-0.15, -0.1) is 12.4 Å². The second-order valence-corrected chi connectivity index (χ2v) is 3.69. The molecule has 0 bridgehead atoms. The molecule has 0 heterocycles. The van der Waals surface area contributed by atoms with Gasteiger partial charge in [0, 0.05) is 11.1 Å². The van der Waals surface area contributed by atoms with Gasteiger partial charge < -0.3 is 10.5 Å². The van der Waals surface area contributed by atoms with Crippen molar-refractivity contribution in [1.82, 2.24) is 0 Å². The van der Waals surface area contributed by atoms with Crippen molar-refractivity contribution in [2.45, 2.75) is 19.4 Å². The zero-order valence-corrected chi connectivity index (χ0v) is 10.9. The van der Waals surface area contributed by atoms with Crippen LogP contribution in [0, 0.1) is 5.82 Å². The first-order valence-corrected chi connectivity index (χ1v) is 5.28. The summed E-state index contributed by atoms with van der Waals surface area (Å²) >= 11 is 5.85. The Hall–Kier alpha value is -0.840. The van der Waals surface area contributed by atoms with Crippen LogP contribution in [0.15, 0.2) is 18.2 Å². The highest BCUT2D eigenvalue weighted by molar-refractivity contribution is 6.31. The Morgan fingerprint density at radius 1 is 1.59 bits per heavy atom. The molecule has 1 aromatic carbocycles. The minimum absolute atomic E-state index is 0. The SMILES string of the molecule is CCOC(=O)C[C@H](N)c1cc(F)ccc1Cl.Cl. The topological polar surface area (TPSA) is 52.3 Å². The number of esters is 1. The Bertz CT molecular complexity index is 388. The van der Waals surface area contributed by atoms with E-state index in [9.17, 15) is 9.18 Å². The zero-order chi connectivity index (χ0) is 12.1. The zero-order valence-electron chi connectivity index (χ0n) is 9.28. The summed E-state index contributed by atoms with van der Waals surface area (Å²) in [6, 6.07) is 3.23. The maximum atomic E-state index is 13.0. The van der Waals surface area contributed by atoms with Crippen molar-refractivity contribution in [3.8, 4) is 0 Å². The van der Waals surface area contributed by atoms with Gasteiger partial charge in [-0.3, -0.25) is 4.79 Å². The van der Waals surface area contributed by atoms with Crippen molar-refractivity contribution < 1.29 is 13.9 Å². The number of halogens is 3. The fraction of sp³-hybridized carbons (Fsp3) is 0.364. The van der Waals surface area contributed by atoms with Crippen molar-refractivity contribution >= 4 is 30.0 Å². The normalized spacial score (nSPS) is 11.5. The molecule has 6 heteroatoms. The predicted octanol–water partition coefficient (Wildman–Crippen LogP) is 2.85. The van der Waals surface area contributed by atoms with Gasteiger partial charge >= 0.3 is 5.97 Å². The first-order valence-electron chi connectivity index (χ1n) is 4.90. The summed E-state index contributed by atoms with van der Waals surface area (Å²) in [4.78, 5) is 11.2. The third-order valence-electron chi connectivity index (χ3n) is 2.05. The van der Waals surface area contributed by atoms with Crippen molar-refractivity contribution in [1.29, 1.82) is 0 Å². The lowest BCUT2D eigenvalue weighted by Crippen LogP contribution is -2.17. The van der Waals surface area contributed by atoms with Crippen LogP contribution in [0.25, 0.3) is 0 Å². The third kappa shape index (κ3) is 4.89. The van der Waals surface area contributed by atoms with E-state index in [1.54, 1.807) is 6.92 Å². The van der Waals surface area contributed by atoms with Crippen LogP contribution in [0.3, 0.4) is 0 Å². The monoisotopic (exact) mass is 281 g/mol. The van der Waals surface area contributed by atoms with Crippen LogP contribution in [0.4, 0.5) is 4.39 Å². The number of nitrogens with two attached hydrogens (primary N) is 1. The molecule has 1 atom stereocenters. The Balaban J connectivity index is 0.00000256. The lowest BCUT2D eigenvalue weighted by molar-refractivity contribution is -0.143. The van der Waals surface area contributed by atoms with Gasteiger partial charge in [-0.05, 0) is 30.7 Å². The average Bonchev–Trinajstić information content (AvgIpc) is 2.21. The Morgan fingerprint density at radius 3 is 2.82 bits per heavy atom. The molecule has 0 saturated carbocycles. The highest BCUT2D eigenvalue weighted by Gasteiger charge is 2.15. The summed E-state index contributed by atoms with van der Waals surface area (Å²) in [6.07, 6.45) is -0.0169. The van der Waals surface area contributed by atoms with Crippen LogP contribution in [0.2, 0.25) is 5.02 Å². The first-order chi connectivity index (χ1) is 7.54. The summed E-state index contributed by atoms with van der Waals surface area (Å²) < 4.78 is 17.7. The van der Waals surface area contributed by atoms with E-state index in [2.05, 4.69) is 0 Å². The van der Waals surface area contributed by atoms with Gasteiger partial charge in [0.25, 0.3) is 0 Å². The molecule has 0 unspecified atom stereocenters. The highest BCUT2D eigenvalue weighted by atomic mass is 35.5. The van der Waals surface area contributed by atoms with E-state index in [-0.39, 0.29) is 18.8 Å². The number of ether oxygens (including phenoxy) is 1. The fourth-order valence-corrected chi connectivity index (χ4v) is 1.57. The molecule has 0 saturated heterocycles. The van der Waals surface area contributed by atoms with E-state index in [1.165, 1.54) is 18.2 Å². The summed E-state index contributed by atoms with van der Waals surface area (Å²) in [5.74, 6) is -0.853. The molecule has 0 fully saturated rings. The molecule has 0 amide bonds. The van der Waals surface area contributed by atoms with Crippen LogP contribution in [0.1, 0.15) is 24.9 Å². The van der Waals surface area contributed by atoms with Gasteiger partial charge in [0.1, 0.15) is 5.82 Å². The molecule has 0 aromatic heterocycles. The van der Waals surface area contributed by atoms with Crippen molar-refractivity contribution in [3.05, 3.63) is 34.6 Å². The number of carbonyl (C=O) groups excluding carboxylic acids is 1. The fourth-order valence-electron chi connectivity index (χ4n) is 1.31. The Labute approximate surface area is 110 Å². The van der Waals surface area contributed by atoms with Crippen LogP contribution < -0.4 is 5.73 Å². The molecule has 0 aliphatic carbocycles. The largest absolute Gasteiger partial charge is 0.466 e. The lowest BCUT2D eigenvalue weighted by atomic mass is 10.0. The molecule has 0 aliphatic rings. The molecule has 1 rings (SSSR count). The van der Waals surface area contributed by atoms with Crippen molar-refractivity contribution in [2.75, 3.05) is 6.61 Å². The highest BCUT2D eigenvalue weighted by Crippen LogP contribution is 2.24. The van der Waals surface area contributed by atoms with E-state index in [4.69, 9.17) is 22.1 Å². The maximum absolute atomic E-state index is 13.0. The first kappa shape index (κ1) is 16.2. The predicted molar refractivity (Wildman–Crippen MR) is 66.8 cm³/mol. The average molecular weight is 282 g/mol. The van der Waals surface area contributed by atoms with Gasteiger partial charge in [0.2, 0.25) is 0 Å². The van der Waals surface area contributed by atoms with E-state index in [1.807, 2.05) is 0 Å². The van der Waals surface area contributed by atoms with Gasteiger partial charge in [0.15, 0.2) is 0 Å². The van der Waals surface area contributed by atoms with Crippen LogP contribution in [0.5, 0.6) is 0 Å². The quantitative estimate of drug-likeness (QED) is 0.864. The number of hydrogen-bond acceptors (Lipinski definition) is 3. The van der Waals surface area contributed by atoms with Crippen LogP contribution >= 0.6 is 24.0 Å². The smallest absolute Gasteiger partial charge is 0.307 e. The van der Waals surface area contributed by atoms with Crippen LogP contribution in [-0.2, 0) is 9.53 Å². The Kier molecular flexibility index (Phi) is 7.11. The number of carbonyl (C=O) groups is 1. The van der Waals surface area contributed by atoms with Crippen LogP contribution in [-0.4, -0.2) is 12.6 Å². The minimum Gasteiger partial charge on any atom is -0.466 e. The van der Waals surface area contributed by atoms with Gasteiger partial charge in [-0.25, -0.2) is 4.39 Å². The second-order valence-electron chi connectivity index (χ2n) is 3.28. The summed E-state index contributed by atoms with van der Waals surface area (Å²) in [6.45, 7) is 2.00. The molecule has 0 radical (unpaired) electrons. The molecule has 2 N–H and O–H groups in total. The summed E-state index contributed by atoms with van der Waals surface area (Å²) in [5.41, 5.74) is 6.16. The number of rotatable bonds is 4. The molecular formula is C11H14Cl2FNO2. The van der Waals surface area contributed by atoms with Gasteiger partial charge in [-0.1, -0.05) is 11.6 Å². The molecule has 96 valence electrons. The Morgan fingerprint density at radius 2 is 2.24 bits per heavy atom. The molecule has 0 spiro atoms. The molecule has 17 heavy (non-hydrogen) atoms. The molecule has 1 aromatic rings. The molecular weight excluding hydrogens is 268 g/mol. The maximum Gasteiger partial charge on any atom is 0.307 e. The van der Waals surface area contributed by atoms with E-state index in [0.29, 0.717) is 17.2 Å². The summed E-state index contributed by atoms with van der Waals surface area (Å²) in [5, 5.41) is 0.346. The van der Waals surface area contributed by atoms with Crippen molar-refractivity contribution in [3.63, 3.8) is 0 Å².